The van der Waals surface area contributed by atoms with Gasteiger partial charge in [0.05, 0.1) is 11.3 Å². The third-order valence-corrected chi connectivity index (χ3v) is 6.32. The average molecular weight is 393 g/mol. The molecule has 26 heavy (non-hydrogen) atoms. The van der Waals surface area contributed by atoms with Crippen LogP contribution in [0.4, 0.5) is 5.00 Å². The summed E-state index contributed by atoms with van der Waals surface area (Å²) in [5.41, 5.74) is 1.99. The number of amides is 1. The van der Waals surface area contributed by atoms with Crippen molar-refractivity contribution in [1.82, 2.24) is 0 Å². The second-order valence-corrected chi connectivity index (χ2v) is 9.69. The molecule has 0 saturated carbocycles. The van der Waals surface area contributed by atoms with Crippen molar-refractivity contribution in [2.24, 2.45) is 0 Å². The Morgan fingerprint density at radius 2 is 1.81 bits per heavy atom. The predicted octanol–water partition coefficient (Wildman–Crippen LogP) is 3.12. The summed E-state index contributed by atoms with van der Waals surface area (Å²) in [5, 5.41) is 12.6. The van der Waals surface area contributed by atoms with E-state index in [0.717, 1.165) is 42.4 Å². The lowest BCUT2D eigenvalue weighted by atomic mass is 9.95. The molecule has 1 heterocycles. The van der Waals surface area contributed by atoms with Crippen molar-refractivity contribution in [2.45, 2.75) is 31.4 Å². The van der Waals surface area contributed by atoms with E-state index in [1.54, 1.807) is 24.3 Å². The number of aromatic carboxylic acids is 1. The maximum Gasteiger partial charge on any atom is 0.339 e. The molecule has 8 heteroatoms. The molecule has 1 aliphatic rings. The molecule has 1 aromatic heterocycles. The van der Waals surface area contributed by atoms with E-state index in [-0.39, 0.29) is 11.3 Å². The highest BCUT2D eigenvalue weighted by Crippen LogP contribution is 2.38. The number of fused-ring (bicyclic) bond motifs is 1. The molecule has 3 rings (SSSR count). The normalized spacial score (nSPS) is 13.9. The van der Waals surface area contributed by atoms with Crippen LogP contribution in [-0.4, -0.2) is 31.7 Å². The monoisotopic (exact) mass is 393 g/mol. The third kappa shape index (κ3) is 4.13. The number of benzene rings is 1. The zero-order valence-corrected chi connectivity index (χ0v) is 15.9. The Labute approximate surface area is 155 Å². The first-order valence-electron chi connectivity index (χ1n) is 8.20. The fourth-order valence-electron chi connectivity index (χ4n) is 3.11. The molecule has 1 amide bonds. The smallest absolute Gasteiger partial charge is 0.339 e. The molecule has 1 aromatic carbocycles. The minimum absolute atomic E-state index is 0.0876. The van der Waals surface area contributed by atoms with Crippen molar-refractivity contribution in [3.05, 3.63) is 51.4 Å². The molecule has 0 fully saturated rings. The first-order valence-corrected chi connectivity index (χ1v) is 11.1. The molecule has 0 spiro atoms. The molecular formula is C18H19NO5S2. The summed E-state index contributed by atoms with van der Waals surface area (Å²) in [5.74, 6) is -1.52. The molecule has 0 saturated heterocycles. The van der Waals surface area contributed by atoms with E-state index in [1.807, 2.05) is 0 Å². The number of carboxylic acids is 1. The van der Waals surface area contributed by atoms with E-state index in [4.69, 9.17) is 0 Å². The number of hydrogen-bond donors (Lipinski definition) is 2. The molecule has 0 unspecified atom stereocenters. The number of hydrogen-bond acceptors (Lipinski definition) is 5. The second-order valence-electron chi connectivity index (χ2n) is 6.44. The maximum atomic E-state index is 12.5. The highest BCUT2D eigenvalue weighted by molar-refractivity contribution is 7.89. The third-order valence-electron chi connectivity index (χ3n) is 4.26. The van der Waals surface area contributed by atoms with Gasteiger partial charge in [0.2, 0.25) is 0 Å². The molecule has 1 aliphatic carbocycles. The quantitative estimate of drug-likeness (QED) is 0.813. The van der Waals surface area contributed by atoms with Crippen LogP contribution < -0.4 is 5.32 Å². The Hall–Kier alpha value is -2.19. The van der Waals surface area contributed by atoms with Crippen molar-refractivity contribution >= 4 is 38.1 Å². The van der Waals surface area contributed by atoms with Crippen molar-refractivity contribution in [2.75, 3.05) is 11.6 Å². The lowest BCUT2D eigenvalue weighted by Crippen LogP contribution is -2.14. The van der Waals surface area contributed by atoms with Gasteiger partial charge in [0, 0.05) is 16.7 Å². The topological polar surface area (TPSA) is 101 Å². The van der Waals surface area contributed by atoms with Gasteiger partial charge in [0.15, 0.2) is 9.84 Å². The lowest BCUT2D eigenvalue weighted by molar-refractivity contribution is 0.0697. The van der Waals surface area contributed by atoms with Crippen LogP contribution in [0.15, 0.2) is 24.3 Å². The van der Waals surface area contributed by atoms with E-state index < -0.39 is 21.7 Å². The number of nitrogens with one attached hydrogen (secondary N) is 1. The van der Waals surface area contributed by atoms with E-state index in [1.165, 1.54) is 11.3 Å². The highest BCUT2D eigenvalue weighted by Gasteiger charge is 2.26. The van der Waals surface area contributed by atoms with Gasteiger partial charge in [-0.3, -0.25) is 4.79 Å². The first kappa shape index (κ1) is 18.6. The minimum atomic E-state index is -3.14. The van der Waals surface area contributed by atoms with Crippen LogP contribution in [0, 0.1) is 0 Å². The van der Waals surface area contributed by atoms with Gasteiger partial charge in [0.1, 0.15) is 5.00 Å². The molecular weight excluding hydrogens is 374 g/mol. The maximum absolute atomic E-state index is 12.5. The Morgan fingerprint density at radius 3 is 2.42 bits per heavy atom. The largest absolute Gasteiger partial charge is 0.478 e. The van der Waals surface area contributed by atoms with Crippen LogP contribution >= 0.6 is 11.3 Å². The summed E-state index contributed by atoms with van der Waals surface area (Å²) in [6.07, 6.45) is 4.71. The average Bonchev–Trinajstić information content (AvgIpc) is 2.91. The summed E-state index contributed by atoms with van der Waals surface area (Å²) in [4.78, 5) is 25.2. The zero-order chi connectivity index (χ0) is 18.9. The molecule has 0 atom stereocenters. The zero-order valence-electron chi connectivity index (χ0n) is 14.2. The van der Waals surface area contributed by atoms with Crippen molar-refractivity contribution in [3.8, 4) is 0 Å². The summed E-state index contributed by atoms with van der Waals surface area (Å²) in [6.45, 7) is 0. The van der Waals surface area contributed by atoms with Crippen LogP contribution in [0.1, 0.15) is 49.6 Å². The van der Waals surface area contributed by atoms with Crippen LogP contribution in [0.3, 0.4) is 0 Å². The van der Waals surface area contributed by atoms with Gasteiger partial charge in [-0.1, -0.05) is 12.1 Å². The number of carbonyl (C=O) groups is 2. The van der Waals surface area contributed by atoms with Crippen LogP contribution in [0.2, 0.25) is 0 Å². The Bertz CT molecular complexity index is 958. The van der Waals surface area contributed by atoms with E-state index >= 15 is 0 Å². The summed E-state index contributed by atoms with van der Waals surface area (Å²) in [6, 6.07) is 6.27. The van der Waals surface area contributed by atoms with Gasteiger partial charge in [-0.15, -0.1) is 11.3 Å². The fourth-order valence-corrected chi connectivity index (χ4v) is 5.18. The van der Waals surface area contributed by atoms with Gasteiger partial charge in [0.25, 0.3) is 5.91 Å². The summed E-state index contributed by atoms with van der Waals surface area (Å²) >= 11 is 1.33. The summed E-state index contributed by atoms with van der Waals surface area (Å²) in [7, 11) is -3.14. The van der Waals surface area contributed by atoms with Crippen molar-refractivity contribution < 1.29 is 23.1 Å². The first-order chi connectivity index (χ1) is 12.2. The van der Waals surface area contributed by atoms with E-state index in [2.05, 4.69) is 5.32 Å². The van der Waals surface area contributed by atoms with E-state index in [9.17, 15) is 23.1 Å². The molecule has 2 N–H and O–H groups in total. The summed E-state index contributed by atoms with van der Waals surface area (Å²) < 4.78 is 22.6. The highest BCUT2D eigenvalue weighted by atomic mass is 32.2. The number of thiophene rings is 1. The molecule has 0 radical (unpaired) electrons. The molecule has 6 nitrogen and oxygen atoms in total. The van der Waals surface area contributed by atoms with Gasteiger partial charge in [-0.25, -0.2) is 13.2 Å². The number of aryl methyl sites for hydroxylation is 1. The van der Waals surface area contributed by atoms with Gasteiger partial charge >= 0.3 is 5.97 Å². The Kier molecular flexibility index (Phi) is 5.15. The predicted molar refractivity (Wildman–Crippen MR) is 101 cm³/mol. The Balaban J connectivity index is 1.82. The van der Waals surface area contributed by atoms with Crippen molar-refractivity contribution in [1.29, 1.82) is 0 Å². The SMILES string of the molecule is CS(=O)(=O)Cc1ccc(C(=O)Nc2sc3c(c2C(=O)O)CCCC3)cc1. The van der Waals surface area contributed by atoms with Crippen LogP contribution in [0.25, 0.3) is 0 Å². The van der Waals surface area contributed by atoms with Crippen LogP contribution in [0.5, 0.6) is 0 Å². The van der Waals surface area contributed by atoms with Gasteiger partial charge in [-0.2, -0.15) is 0 Å². The molecule has 0 aliphatic heterocycles. The lowest BCUT2D eigenvalue weighted by Gasteiger charge is -2.10. The second kappa shape index (κ2) is 7.20. The minimum Gasteiger partial charge on any atom is -0.478 e. The van der Waals surface area contributed by atoms with Crippen molar-refractivity contribution in [3.63, 3.8) is 0 Å². The van der Waals surface area contributed by atoms with E-state index in [0.29, 0.717) is 16.1 Å². The van der Waals surface area contributed by atoms with Crippen LogP contribution in [-0.2, 0) is 28.4 Å². The number of carboxylic acid groups (broad SMARTS) is 1. The number of sulfone groups is 1. The fraction of sp³-hybridized carbons (Fsp3) is 0.333. The molecule has 138 valence electrons. The number of rotatable bonds is 5. The molecule has 2 aromatic rings. The standard InChI is InChI=1S/C18H19NO5S2/c1-26(23,24)10-11-6-8-12(9-7-11)16(20)19-17-15(18(21)22)13-4-2-3-5-14(13)25-17/h6-9H,2-5,10H2,1H3,(H,19,20)(H,21,22). The number of carbonyl (C=O) groups excluding carboxylic acids is 1. The Morgan fingerprint density at radius 1 is 1.15 bits per heavy atom. The van der Waals surface area contributed by atoms with Gasteiger partial charge < -0.3 is 10.4 Å². The van der Waals surface area contributed by atoms with Gasteiger partial charge in [-0.05, 0) is 48.9 Å². The molecule has 0 bridgehead atoms. The number of anilines is 1.